The van der Waals surface area contributed by atoms with Gasteiger partial charge in [0.1, 0.15) is 5.82 Å². The molecule has 0 saturated heterocycles. The van der Waals surface area contributed by atoms with E-state index in [2.05, 4.69) is 42.5 Å². The number of hydrogen-bond donors (Lipinski definition) is 0. The standard InChI is InChI=1S/C15H26ClN3/c1-11(2)9-15(7-5-6-8-15)10-19-13(12(3)4)17-18-14(19)16/h11-12H,5-10H2,1-4H3. The summed E-state index contributed by atoms with van der Waals surface area (Å²) in [6, 6.07) is 0. The molecule has 1 aromatic heterocycles. The molecule has 0 N–H and O–H groups in total. The Bertz CT molecular complexity index is 417. The van der Waals surface area contributed by atoms with Gasteiger partial charge in [0, 0.05) is 12.5 Å². The van der Waals surface area contributed by atoms with E-state index in [0.717, 1.165) is 18.3 Å². The van der Waals surface area contributed by atoms with Gasteiger partial charge in [-0.3, -0.25) is 0 Å². The van der Waals surface area contributed by atoms with Crippen molar-refractivity contribution in [3.8, 4) is 0 Å². The molecule has 1 fully saturated rings. The zero-order valence-corrected chi connectivity index (χ0v) is 13.4. The van der Waals surface area contributed by atoms with Gasteiger partial charge in [-0.05, 0) is 42.2 Å². The van der Waals surface area contributed by atoms with E-state index < -0.39 is 0 Å². The van der Waals surface area contributed by atoms with E-state index >= 15 is 0 Å². The zero-order chi connectivity index (χ0) is 14.0. The molecule has 0 amide bonds. The van der Waals surface area contributed by atoms with Gasteiger partial charge in [0.05, 0.1) is 0 Å². The maximum Gasteiger partial charge on any atom is 0.225 e. The Balaban J connectivity index is 2.24. The third-order valence-corrected chi connectivity index (χ3v) is 4.53. The highest BCUT2D eigenvalue weighted by Crippen LogP contribution is 2.45. The molecule has 1 aromatic rings. The lowest BCUT2D eigenvalue weighted by atomic mass is 9.78. The monoisotopic (exact) mass is 283 g/mol. The molecule has 0 atom stereocenters. The summed E-state index contributed by atoms with van der Waals surface area (Å²) in [5.74, 6) is 2.13. The highest BCUT2D eigenvalue weighted by atomic mass is 35.5. The van der Waals surface area contributed by atoms with Crippen LogP contribution >= 0.6 is 11.6 Å². The molecule has 0 aromatic carbocycles. The minimum atomic E-state index is 0.373. The molecule has 0 spiro atoms. The fourth-order valence-corrected chi connectivity index (χ4v) is 3.81. The van der Waals surface area contributed by atoms with Crippen molar-refractivity contribution >= 4 is 11.6 Å². The van der Waals surface area contributed by atoms with E-state index in [9.17, 15) is 0 Å². The molecule has 4 heteroatoms. The number of aromatic nitrogens is 3. The van der Waals surface area contributed by atoms with E-state index in [1.54, 1.807) is 0 Å². The molecule has 1 heterocycles. The summed E-state index contributed by atoms with van der Waals surface area (Å²) in [5, 5.41) is 8.87. The average molecular weight is 284 g/mol. The van der Waals surface area contributed by atoms with Crippen LogP contribution in [0.15, 0.2) is 0 Å². The Morgan fingerprint density at radius 2 is 1.79 bits per heavy atom. The lowest BCUT2D eigenvalue weighted by molar-refractivity contribution is 0.194. The first-order valence-electron chi connectivity index (χ1n) is 7.52. The van der Waals surface area contributed by atoms with Crippen LogP contribution < -0.4 is 0 Å². The maximum absolute atomic E-state index is 6.26. The second-order valence-corrected chi connectivity index (χ2v) is 7.21. The van der Waals surface area contributed by atoms with Gasteiger partial charge >= 0.3 is 0 Å². The minimum absolute atomic E-state index is 0.373. The summed E-state index contributed by atoms with van der Waals surface area (Å²) in [6.07, 6.45) is 6.61. The first-order chi connectivity index (χ1) is 8.93. The van der Waals surface area contributed by atoms with Crippen molar-refractivity contribution < 1.29 is 0 Å². The van der Waals surface area contributed by atoms with Crippen LogP contribution in [0.4, 0.5) is 0 Å². The van der Waals surface area contributed by atoms with E-state index in [1.165, 1.54) is 32.1 Å². The summed E-state index contributed by atoms with van der Waals surface area (Å²) in [5.41, 5.74) is 0.407. The molecule has 108 valence electrons. The molecule has 0 radical (unpaired) electrons. The summed E-state index contributed by atoms with van der Waals surface area (Å²) in [7, 11) is 0. The van der Waals surface area contributed by atoms with Crippen molar-refractivity contribution in [3.63, 3.8) is 0 Å². The molecule has 2 rings (SSSR count). The van der Waals surface area contributed by atoms with Gasteiger partial charge in [-0.15, -0.1) is 10.2 Å². The van der Waals surface area contributed by atoms with Crippen molar-refractivity contribution in [1.82, 2.24) is 14.8 Å². The van der Waals surface area contributed by atoms with Crippen LogP contribution in [-0.4, -0.2) is 14.8 Å². The molecule has 0 bridgehead atoms. The molecule has 3 nitrogen and oxygen atoms in total. The highest BCUT2D eigenvalue weighted by molar-refractivity contribution is 6.28. The first kappa shape index (κ1) is 14.8. The SMILES string of the molecule is CC(C)CC1(Cn2c(Cl)nnc2C(C)C)CCCC1. The molecular weight excluding hydrogens is 258 g/mol. The zero-order valence-electron chi connectivity index (χ0n) is 12.6. The predicted octanol–water partition coefficient (Wildman–Crippen LogP) is 4.66. The van der Waals surface area contributed by atoms with Crippen molar-refractivity contribution in [2.75, 3.05) is 0 Å². The van der Waals surface area contributed by atoms with Crippen LogP contribution in [0, 0.1) is 11.3 Å². The first-order valence-corrected chi connectivity index (χ1v) is 7.90. The lowest BCUT2D eigenvalue weighted by Gasteiger charge is -2.32. The number of rotatable bonds is 5. The Kier molecular flexibility index (Phi) is 4.54. The van der Waals surface area contributed by atoms with Gasteiger partial charge in [0.2, 0.25) is 5.28 Å². The topological polar surface area (TPSA) is 30.7 Å². The molecule has 1 aliphatic carbocycles. The largest absolute Gasteiger partial charge is 0.301 e. The average Bonchev–Trinajstić information content (AvgIpc) is 2.87. The lowest BCUT2D eigenvalue weighted by Crippen LogP contribution is -2.27. The van der Waals surface area contributed by atoms with Crippen molar-refractivity contribution in [2.45, 2.75) is 72.3 Å². The molecule has 0 aliphatic heterocycles. The smallest absolute Gasteiger partial charge is 0.225 e. The summed E-state index contributed by atoms with van der Waals surface area (Å²) < 4.78 is 2.15. The van der Waals surface area contributed by atoms with Crippen LogP contribution in [0.3, 0.4) is 0 Å². The number of halogens is 1. The Morgan fingerprint density at radius 3 is 2.32 bits per heavy atom. The normalized spacial score (nSPS) is 18.7. The third kappa shape index (κ3) is 3.31. The quantitative estimate of drug-likeness (QED) is 0.787. The van der Waals surface area contributed by atoms with Crippen molar-refractivity contribution in [2.24, 2.45) is 11.3 Å². The predicted molar refractivity (Wildman–Crippen MR) is 79.5 cm³/mol. The van der Waals surface area contributed by atoms with Crippen LogP contribution in [0.25, 0.3) is 0 Å². The van der Waals surface area contributed by atoms with E-state index in [-0.39, 0.29) is 0 Å². The van der Waals surface area contributed by atoms with Gasteiger partial charge in [-0.2, -0.15) is 0 Å². The highest BCUT2D eigenvalue weighted by Gasteiger charge is 2.36. The molecule has 1 aliphatic rings. The summed E-state index contributed by atoms with van der Waals surface area (Å²) in [4.78, 5) is 0. The Labute approximate surface area is 121 Å². The van der Waals surface area contributed by atoms with E-state index in [0.29, 0.717) is 16.6 Å². The molecule has 19 heavy (non-hydrogen) atoms. The van der Waals surface area contributed by atoms with Crippen molar-refractivity contribution in [3.05, 3.63) is 11.1 Å². The van der Waals surface area contributed by atoms with Gasteiger partial charge in [0.25, 0.3) is 0 Å². The number of hydrogen-bond acceptors (Lipinski definition) is 2. The van der Waals surface area contributed by atoms with Crippen LogP contribution in [0.2, 0.25) is 5.28 Å². The fourth-order valence-electron chi connectivity index (χ4n) is 3.62. The van der Waals surface area contributed by atoms with Crippen LogP contribution in [0.5, 0.6) is 0 Å². The van der Waals surface area contributed by atoms with Gasteiger partial charge in [0.15, 0.2) is 0 Å². The van der Waals surface area contributed by atoms with Gasteiger partial charge in [-0.1, -0.05) is 40.5 Å². The third-order valence-electron chi connectivity index (χ3n) is 4.25. The second kappa shape index (κ2) is 5.82. The molecule has 0 unspecified atom stereocenters. The van der Waals surface area contributed by atoms with Crippen LogP contribution in [-0.2, 0) is 6.54 Å². The molecule has 1 saturated carbocycles. The summed E-state index contributed by atoms with van der Waals surface area (Å²) >= 11 is 6.26. The fraction of sp³-hybridized carbons (Fsp3) is 0.867. The van der Waals surface area contributed by atoms with Crippen molar-refractivity contribution in [1.29, 1.82) is 0 Å². The Morgan fingerprint density at radius 1 is 1.16 bits per heavy atom. The van der Waals surface area contributed by atoms with E-state index in [1.807, 2.05) is 0 Å². The number of nitrogens with zero attached hydrogens (tertiary/aromatic N) is 3. The van der Waals surface area contributed by atoms with E-state index in [4.69, 9.17) is 11.6 Å². The second-order valence-electron chi connectivity index (χ2n) is 6.87. The Hall–Kier alpha value is -0.570. The van der Waals surface area contributed by atoms with Gasteiger partial charge in [-0.25, -0.2) is 0 Å². The van der Waals surface area contributed by atoms with Gasteiger partial charge < -0.3 is 4.57 Å². The maximum atomic E-state index is 6.26. The summed E-state index contributed by atoms with van der Waals surface area (Å²) in [6.45, 7) is 9.93. The minimum Gasteiger partial charge on any atom is -0.301 e. The van der Waals surface area contributed by atoms with Crippen LogP contribution in [0.1, 0.15) is 71.5 Å². The molecular formula is C15H26ClN3.